The van der Waals surface area contributed by atoms with Gasteiger partial charge in [0.1, 0.15) is 6.29 Å². The van der Waals surface area contributed by atoms with E-state index in [1.807, 2.05) is 0 Å². The molecule has 0 unspecified atom stereocenters. The van der Waals surface area contributed by atoms with Gasteiger partial charge in [-0.25, -0.2) is 0 Å². The number of nitrogens with zero attached hydrogens (tertiary/aromatic N) is 1. The van der Waals surface area contributed by atoms with Gasteiger partial charge in [-0.3, -0.25) is 10.1 Å². The molecule has 0 aliphatic rings. The van der Waals surface area contributed by atoms with Crippen LogP contribution in [0.4, 0.5) is 18.9 Å². The normalized spacial score (nSPS) is 11.3. The van der Waals surface area contributed by atoms with Gasteiger partial charge in [0, 0.05) is 18.6 Å². The van der Waals surface area contributed by atoms with E-state index in [4.69, 9.17) is 0 Å². The molecular weight excluding hydrogens is 239 g/mol. The van der Waals surface area contributed by atoms with Gasteiger partial charge in [0.25, 0.3) is 5.69 Å². The second-order valence-electron chi connectivity index (χ2n) is 3.40. The molecule has 0 radical (unpaired) electrons. The van der Waals surface area contributed by atoms with Gasteiger partial charge in [0.15, 0.2) is 0 Å². The molecule has 0 aliphatic carbocycles. The number of halogens is 3. The Morgan fingerprint density at radius 2 is 2.00 bits per heavy atom. The Kier molecular flexibility index (Phi) is 3.50. The van der Waals surface area contributed by atoms with E-state index in [-0.39, 0.29) is 17.5 Å². The van der Waals surface area contributed by atoms with E-state index in [9.17, 15) is 28.1 Å². The van der Waals surface area contributed by atoms with Gasteiger partial charge in [-0.1, -0.05) is 0 Å². The molecule has 0 aromatic heterocycles. The zero-order chi connectivity index (χ0) is 13.2. The molecular formula is C10H8F3NO3. The summed E-state index contributed by atoms with van der Waals surface area (Å²) >= 11 is 0. The number of nitro benzene ring substituents is 1. The second kappa shape index (κ2) is 4.52. The van der Waals surface area contributed by atoms with Crippen LogP contribution in [0.15, 0.2) is 12.1 Å². The molecule has 17 heavy (non-hydrogen) atoms. The van der Waals surface area contributed by atoms with Crippen LogP contribution in [0, 0.1) is 17.0 Å². The van der Waals surface area contributed by atoms with Crippen LogP contribution in [-0.4, -0.2) is 11.2 Å². The summed E-state index contributed by atoms with van der Waals surface area (Å²) in [5.41, 5.74) is -1.89. The number of carbonyl (C=O) groups excluding carboxylic acids is 1. The molecule has 7 heteroatoms. The second-order valence-corrected chi connectivity index (χ2v) is 3.40. The van der Waals surface area contributed by atoms with Crippen LogP contribution < -0.4 is 0 Å². The van der Waals surface area contributed by atoms with Gasteiger partial charge in [-0.15, -0.1) is 0 Å². The van der Waals surface area contributed by atoms with Crippen molar-refractivity contribution in [2.24, 2.45) is 0 Å². The molecule has 0 heterocycles. The molecule has 0 saturated heterocycles. The number of non-ortho nitro benzene ring substituents is 1. The van der Waals surface area contributed by atoms with Crippen molar-refractivity contribution in [3.63, 3.8) is 0 Å². The number of aldehydes is 1. The third-order valence-corrected chi connectivity index (χ3v) is 2.32. The van der Waals surface area contributed by atoms with E-state index < -0.39 is 22.4 Å². The first-order valence-corrected chi connectivity index (χ1v) is 4.56. The Bertz CT molecular complexity index is 469. The van der Waals surface area contributed by atoms with Crippen LogP contribution >= 0.6 is 0 Å². The minimum absolute atomic E-state index is 0.0153. The molecule has 1 aromatic rings. The maximum Gasteiger partial charge on any atom is 0.416 e. The highest BCUT2D eigenvalue weighted by molar-refractivity contribution is 5.59. The van der Waals surface area contributed by atoms with Crippen molar-refractivity contribution >= 4 is 12.0 Å². The number of alkyl halides is 3. The Balaban J connectivity index is 3.48. The van der Waals surface area contributed by atoms with E-state index in [0.717, 1.165) is 6.07 Å². The number of benzene rings is 1. The molecule has 1 rings (SSSR count). The standard InChI is InChI=1S/C10H8F3NO3/c1-6-7(2-3-15)4-8(14(16)17)5-9(6)10(11,12)13/h3-5H,2H2,1H3. The van der Waals surface area contributed by atoms with Crippen molar-refractivity contribution in [1.29, 1.82) is 0 Å². The summed E-state index contributed by atoms with van der Waals surface area (Å²) in [6.07, 6.45) is -4.55. The van der Waals surface area contributed by atoms with Crippen LogP contribution in [-0.2, 0) is 17.4 Å². The highest BCUT2D eigenvalue weighted by Gasteiger charge is 2.35. The van der Waals surface area contributed by atoms with Crippen molar-refractivity contribution in [3.8, 4) is 0 Å². The van der Waals surface area contributed by atoms with Gasteiger partial charge in [-0.2, -0.15) is 13.2 Å². The third kappa shape index (κ3) is 2.80. The topological polar surface area (TPSA) is 60.2 Å². The van der Waals surface area contributed by atoms with Gasteiger partial charge in [-0.05, 0) is 18.1 Å². The highest BCUT2D eigenvalue weighted by atomic mass is 19.4. The van der Waals surface area contributed by atoms with Crippen molar-refractivity contribution in [1.82, 2.24) is 0 Å². The number of hydrogen-bond donors (Lipinski definition) is 0. The van der Waals surface area contributed by atoms with E-state index in [1.54, 1.807) is 0 Å². The van der Waals surface area contributed by atoms with Gasteiger partial charge < -0.3 is 4.79 Å². The molecule has 0 bridgehead atoms. The van der Waals surface area contributed by atoms with E-state index in [1.165, 1.54) is 6.92 Å². The van der Waals surface area contributed by atoms with Crippen LogP contribution in [0.25, 0.3) is 0 Å². The van der Waals surface area contributed by atoms with Gasteiger partial charge >= 0.3 is 6.18 Å². The average molecular weight is 247 g/mol. The lowest BCUT2D eigenvalue weighted by molar-refractivity contribution is -0.385. The zero-order valence-electron chi connectivity index (χ0n) is 8.75. The van der Waals surface area contributed by atoms with Crippen molar-refractivity contribution in [3.05, 3.63) is 38.9 Å². The molecule has 0 saturated carbocycles. The SMILES string of the molecule is Cc1c(CC=O)cc([N+](=O)[O-])cc1C(F)(F)F. The molecule has 4 nitrogen and oxygen atoms in total. The number of rotatable bonds is 3. The fourth-order valence-electron chi connectivity index (χ4n) is 1.46. The third-order valence-electron chi connectivity index (χ3n) is 2.32. The van der Waals surface area contributed by atoms with Gasteiger partial charge in [0.05, 0.1) is 10.5 Å². The Hall–Kier alpha value is -1.92. The first kappa shape index (κ1) is 13.1. The number of nitro groups is 1. The smallest absolute Gasteiger partial charge is 0.303 e. The minimum atomic E-state index is -4.67. The van der Waals surface area contributed by atoms with Crippen LogP contribution in [0.1, 0.15) is 16.7 Å². The summed E-state index contributed by atoms with van der Waals surface area (Å²) in [6.45, 7) is 1.19. The van der Waals surface area contributed by atoms with E-state index >= 15 is 0 Å². The van der Waals surface area contributed by atoms with Crippen molar-refractivity contribution < 1.29 is 22.9 Å². The molecule has 0 aliphatic heterocycles. The predicted octanol–water partition coefficient (Wildman–Crippen LogP) is 2.66. The number of carbonyl (C=O) groups is 1. The van der Waals surface area contributed by atoms with E-state index in [2.05, 4.69) is 0 Å². The lowest BCUT2D eigenvalue weighted by Gasteiger charge is -2.12. The predicted molar refractivity (Wildman–Crippen MR) is 52.6 cm³/mol. The summed E-state index contributed by atoms with van der Waals surface area (Å²) in [7, 11) is 0. The Morgan fingerprint density at radius 3 is 2.41 bits per heavy atom. The van der Waals surface area contributed by atoms with E-state index in [0.29, 0.717) is 12.4 Å². The fraction of sp³-hybridized carbons (Fsp3) is 0.300. The first-order chi connectivity index (χ1) is 7.77. The lowest BCUT2D eigenvalue weighted by Crippen LogP contribution is -2.10. The van der Waals surface area contributed by atoms with Gasteiger partial charge in [0.2, 0.25) is 0 Å². The molecule has 0 spiro atoms. The monoisotopic (exact) mass is 247 g/mol. The molecule has 0 atom stereocenters. The maximum absolute atomic E-state index is 12.6. The van der Waals surface area contributed by atoms with Crippen LogP contribution in [0.2, 0.25) is 0 Å². The lowest BCUT2D eigenvalue weighted by atomic mass is 9.99. The summed E-state index contributed by atoms with van der Waals surface area (Å²) in [6, 6.07) is 1.46. The molecule has 0 N–H and O–H groups in total. The summed E-state index contributed by atoms with van der Waals surface area (Å²) < 4.78 is 37.8. The largest absolute Gasteiger partial charge is 0.416 e. The molecule has 92 valence electrons. The fourth-order valence-corrected chi connectivity index (χ4v) is 1.46. The minimum Gasteiger partial charge on any atom is -0.303 e. The highest BCUT2D eigenvalue weighted by Crippen LogP contribution is 2.35. The maximum atomic E-state index is 12.6. The Morgan fingerprint density at radius 1 is 1.41 bits per heavy atom. The van der Waals surface area contributed by atoms with Crippen molar-refractivity contribution in [2.75, 3.05) is 0 Å². The summed E-state index contributed by atoms with van der Waals surface area (Å²) in [5, 5.41) is 10.5. The average Bonchev–Trinajstić information content (AvgIpc) is 2.19. The molecule has 1 aromatic carbocycles. The van der Waals surface area contributed by atoms with Crippen molar-refractivity contribution in [2.45, 2.75) is 19.5 Å². The Labute approximate surface area is 94.2 Å². The number of hydrogen-bond acceptors (Lipinski definition) is 3. The molecule has 0 amide bonds. The summed E-state index contributed by atoms with van der Waals surface area (Å²) in [4.78, 5) is 19.9. The first-order valence-electron chi connectivity index (χ1n) is 4.56. The quantitative estimate of drug-likeness (QED) is 0.468. The van der Waals surface area contributed by atoms with Crippen LogP contribution in [0.5, 0.6) is 0 Å². The molecule has 0 fully saturated rings. The van der Waals surface area contributed by atoms with Crippen LogP contribution in [0.3, 0.4) is 0 Å². The zero-order valence-corrected chi connectivity index (χ0v) is 8.75. The summed E-state index contributed by atoms with van der Waals surface area (Å²) in [5.74, 6) is 0.